The Bertz CT molecular complexity index is 532. The van der Waals surface area contributed by atoms with Crippen LogP contribution in [0.25, 0.3) is 6.08 Å². The number of benzene rings is 1. The zero-order chi connectivity index (χ0) is 11.0. The zero-order valence-corrected chi connectivity index (χ0v) is 8.89. The van der Waals surface area contributed by atoms with Gasteiger partial charge < -0.3 is 0 Å². The average Bonchev–Trinajstić information content (AvgIpc) is 2.45. The third-order valence-corrected chi connectivity index (χ3v) is 3.15. The first kappa shape index (κ1) is 9.34. The Morgan fingerprint density at radius 2 is 2.00 bits per heavy atom. The summed E-state index contributed by atoms with van der Waals surface area (Å²) in [6.45, 7) is 0. The quantitative estimate of drug-likeness (QED) is 0.640. The molecule has 2 aliphatic carbocycles. The Hall–Kier alpha value is -1.89. The summed E-state index contributed by atoms with van der Waals surface area (Å²) < 4.78 is 0. The van der Waals surface area contributed by atoms with Crippen molar-refractivity contribution < 1.29 is 4.79 Å². The van der Waals surface area contributed by atoms with Crippen LogP contribution in [0.1, 0.15) is 11.1 Å². The third-order valence-electron chi connectivity index (χ3n) is 3.15. The molecule has 16 heavy (non-hydrogen) atoms. The number of carbonyl (C=O) groups excluding carboxylic acids is 1. The molecular formula is C15H12O. The molecule has 1 aromatic rings. The van der Waals surface area contributed by atoms with Crippen molar-refractivity contribution in [1.29, 1.82) is 0 Å². The van der Waals surface area contributed by atoms with Gasteiger partial charge in [0, 0.05) is 6.42 Å². The summed E-state index contributed by atoms with van der Waals surface area (Å²) in [7, 11) is 0. The lowest BCUT2D eigenvalue weighted by molar-refractivity contribution is -0.119. The molecule has 3 rings (SSSR count). The van der Waals surface area contributed by atoms with Crippen LogP contribution in [0, 0.1) is 5.92 Å². The molecule has 0 radical (unpaired) electrons. The Morgan fingerprint density at radius 1 is 1.12 bits per heavy atom. The molecule has 0 aromatic heterocycles. The maximum Gasteiger partial charge on any atom is 0.148 e. The monoisotopic (exact) mass is 208 g/mol. The Kier molecular flexibility index (Phi) is 2.10. The molecule has 0 fully saturated rings. The van der Waals surface area contributed by atoms with Gasteiger partial charge >= 0.3 is 0 Å². The van der Waals surface area contributed by atoms with Gasteiger partial charge in [-0.1, -0.05) is 54.6 Å². The molecule has 1 unspecified atom stereocenters. The molecule has 0 saturated carbocycles. The minimum absolute atomic E-state index is 0.0441. The summed E-state index contributed by atoms with van der Waals surface area (Å²) in [5, 5.41) is 0. The van der Waals surface area contributed by atoms with Gasteiger partial charge in [0.2, 0.25) is 0 Å². The molecule has 0 amide bonds. The Morgan fingerprint density at radius 3 is 2.94 bits per heavy atom. The van der Waals surface area contributed by atoms with Crippen LogP contribution < -0.4 is 0 Å². The first-order valence-electron chi connectivity index (χ1n) is 5.52. The van der Waals surface area contributed by atoms with Gasteiger partial charge in [-0.15, -0.1) is 0 Å². The van der Waals surface area contributed by atoms with Crippen LogP contribution >= 0.6 is 0 Å². The van der Waals surface area contributed by atoms with E-state index < -0.39 is 0 Å². The molecule has 0 heterocycles. The maximum atomic E-state index is 12.1. The van der Waals surface area contributed by atoms with Crippen LogP contribution in [-0.2, 0) is 11.2 Å². The third kappa shape index (κ3) is 1.45. The molecule has 0 aliphatic heterocycles. The van der Waals surface area contributed by atoms with E-state index in [0.717, 1.165) is 11.1 Å². The van der Waals surface area contributed by atoms with Gasteiger partial charge in [-0.25, -0.2) is 0 Å². The first-order valence-corrected chi connectivity index (χ1v) is 5.52. The number of Topliss-reactive ketones (excluding diaryl/α,β-unsaturated/α-hetero) is 1. The second-order valence-corrected chi connectivity index (χ2v) is 4.21. The Balaban J connectivity index is 2.16. The second-order valence-electron chi connectivity index (χ2n) is 4.21. The smallest absolute Gasteiger partial charge is 0.148 e. The topological polar surface area (TPSA) is 17.1 Å². The first-order chi connectivity index (χ1) is 7.84. The lowest BCUT2D eigenvalue weighted by Crippen LogP contribution is -2.15. The highest BCUT2D eigenvalue weighted by molar-refractivity contribution is 5.92. The summed E-state index contributed by atoms with van der Waals surface area (Å²) in [5.41, 5.74) is 3.42. The van der Waals surface area contributed by atoms with E-state index >= 15 is 0 Å². The van der Waals surface area contributed by atoms with Crippen molar-refractivity contribution in [2.75, 3.05) is 0 Å². The number of allylic oxidation sites excluding steroid dienone is 5. The molecule has 1 aromatic carbocycles. The fraction of sp³-hybridized carbons (Fsp3) is 0.133. The van der Waals surface area contributed by atoms with Crippen molar-refractivity contribution in [2.45, 2.75) is 6.42 Å². The summed E-state index contributed by atoms with van der Waals surface area (Å²) >= 11 is 0. The van der Waals surface area contributed by atoms with Crippen molar-refractivity contribution in [2.24, 2.45) is 5.92 Å². The van der Waals surface area contributed by atoms with Crippen LogP contribution in [0.3, 0.4) is 0 Å². The van der Waals surface area contributed by atoms with Gasteiger partial charge in [0.1, 0.15) is 5.78 Å². The standard InChI is InChI=1S/C15H12O/c16-15-10-12-6-2-1-5-11(12)9-13-7-3-4-8-14(13)15/h1-9,14H,10H2. The van der Waals surface area contributed by atoms with E-state index in [2.05, 4.69) is 12.1 Å². The van der Waals surface area contributed by atoms with E-state index in [1.807, 2.05) is 42.5 Å². The SMILES string of the molecule is O=C1Cc2ccccc2C=C2C=CC=CC12. The minimum atomic E-state index is -0.0441. The van der Waals surface area contributed by atoms with Crippen LogP contribution in [0.15, 0.2) is 54.1 Å². The highest BCUT2D eigenvalue weighted by atomic mass is 16.1. The summed E-state index contributed by atoms with van der Waals surface area (Å²) in [4.78, 5) is 12.1. The molecule has 78 valence electrons. The van der Waals surface area contributed by atoms with Crippen LogP contribution in [-0.4, -0.2) is 5.78 Å². The van der Waals surface area contributed by atoms with Gasteiger partial charge in [-0.05, 0) is 16.7 Å². The average molecular weight is 208 g/mol. The normalized spacial score (nSPS) is 22.1. The lowest BCUT2D eigenvalue weighted by atomic mass is 9.90. The molecule has 0 bridgehead atoms. The van der Waals surface area contributed by atoms with E-state index in [9.17, 15) is 4.79 Å². The highest BCUT2D eigenvalue weighted by Crippen LogP contribution is 2.28. The van der Waals surface area contributed by atoms with Crippen molar-refractivity contribution in [3.05, 3.63) is 65.3 Å². The minimum Gasteiger partial charge on any atom is -0.298 e. The summed E-state index contributed by atoms with van der Waals surface area (Å²) in [5.74, 6) is 0.245. The van der Waals surface area contributed by atoms with E-state index in [1.165, 1.54) is 5.56 Å². The molecule has 0 N–H and O–H groups in total. The number of fused-ring (bicyclic) bond motifs is 2. The van der Waals surface area contributed by atoms with E-state index in [4.69, 9.17) is 0 Å². The zero-order valence-electron chi connectivity index (χ0n) is 8.89. The molecule has 0 saturated heterocycles. The van der Waals surface area contributed by atoms with E-state index in [1.54, 1.807) is 0 Å². The highest BCUT2D eigenvalue weighted by Gasteiger charge is 2.23. The number of hydrogen-bond donors (Lipinski definition) is 0. The van der Waals surface area contributed by atoms with Crippen LogP contribution in [0.5, 0.6) is 0 Å². The van der Waals surface area contributed by atoms with Crippen molar-refractivity contribution in [1.82, 2.24) is 0 Å². The van der Waals surface area contributed by atoms with Crippen molar-refractivity contribution >= 4 is 11.9 Å². The van der Waals surface area contributed by atoms with Gasteiger partial charge in [-0.3, -0.25) is 4.79 Å². The number of hydrogen-bond acceptors (Lipinski definition) is 1. The van der Waals surface area contributed by atoms with Gasteiger partial charge in [0.05, 0.1) is 5.92 Å². The fourth-order valence-electron chi connectivity index (χ4n) is 2.30. The van der Waals surface area contributed by atoms with E-state index in [0.29, 0.717) is 6.42 Å². The number of ketones is 1. The Labute approximate surface area is 94.8 Å². The molecule has 1 atom stereocenters. The number of rotatable bonds is 0. The summed E-state index contributed by atoms with van der Waals surface area (Å²) in [6, 6.07) is 8.12. The van der Waals surface area contributed by atoms with Gasteiger partial charge in [0.25, 0.3) is 0 Å². The van der Waals surface area contributed by atoms with Crippen molar-refractivity contribution in [3.63, 3.8) is 0 Å². The van der Waals surface area contributed by atoms with E-state index in [-0.39, 0.29) is 11.7 Å². The van der Waals surface area contributed by atoms with Crippen LogP contribution in [0.4, 0.5) is 0 Å². The molecule has 1 nitrogen and oxygen atoms in total. The molecule has 2 aliphatic rings. The fourth-order valence-corrected chi connectivity index (χ4v) is 2.30. The predicted molar refractivity (Wildman–Crippen MR) is 64.9 cm³/mol. The lowest BCUT2D eigenvalue weighted by Gasteiger charge is -2.12. The molecule has 0 spiro atoms. The van der Waals surface area contributed by atoms with Gasteiger partial charge in [0.15, 0.2) is 0 Å². The molecular weight excluding hydrogens is 196 g/mol. The van der Waals surface area contributed by atoms with Crippen molar-refractivity contribution in [3.8, 4) is 0 Å². The van der Waals surface area contributed by atoms with Crippen LogP contribution in [0.2, 0.25) is 0 Å². The van der Waals surface area contributed by atoms with Gasteiger partial charge in [-0.2, -0.15) is 0 Å². The summed E-state index contributed by atoms with van der Waals surface area (Å²) in [6.07, 6.45) is 10.6. The maximum absolute atomic E-state index is 12.1. The predicted octanol–water partition coefficient (Wildman–Crippen LogP) is 2.94. The molecule has 1 heteroatoms. The second kappa shape index (κ2) is 3.60. The number of carbonyl (C=O) groups is 1. The largest absolute Gasteiger partial charge is 0.298 e.